The molecule has 0 aliphatic carbocycles. The number of non-ortho nitro benzene ring substituents is 1. The van der Waals surface area contributed by atoms with E-state index in [1.165, 1.54) is 12.1 Å². The van der Waals surface area contributed by atoms with E-state index in [1.54, 1.807) is 19.9 Å². The second-order valence-electron chi connectivity index (χ2n) is 6.93. The lowest BCUT2D eigenvalue weighted by Gasteiger charge is -2.33. The number of amides is 1. The highest BCUT2D eigenvalue weighted by molar-refractivity contribution is 5.97. The third-order valence-corrected chi connectivity index (χ3v) is 4.32. The molecule has 142 valence electrons. The van der Waals surface area contributed by atoms with E-state index >= 15 is 0 Å². The number of anilines is 1. The molecule has 0 saturated carbocycles. The molecule has 8 heteroatoms. The fourth-order valence-electron chi connectivity index (χ4n) is 2.90. The van der Waals surface area contributed by atoms with Gasteiger partial charge in [0.05, 0.1) is 16.2 Å². The number of hydrogen-bond donors (Lipinski definition) is 1. The van der Waals surface area contributed by atoms with Crippen LogP contribution < -0.4 is 10.2 Å². The predicted molar refractivity (Wildman–Crippen MR) is 97.3 cm³/mol. The summed E-state index contributed by atoms with van der Waals surface area (Å²) in [5, 5.41) is 13.7. The van der Waals surface area contributed by atoms with Crippen molar-refractivity contribution in [1.82, 2.24) is 5.32 Å². The average Bonchev–Trinajstić information content (AvgIpc) is 2.59. The first-order valence-electron chi connectivity index (χ1n) is 8.77. The van der Waals surface area contributed by atoms with Gasteiger partial charge in [-0.1, -0.05) is 6.92 Å². The zero-order valence-electron chi connectivity index (χ0n) is 15.4. The Balaban J connectivity index is 2.20. The number of carbonyl (C=O) groups excluding carboxylic acids is 2. The van der Waals surface area contributed by atoms with Crippen LogP contribution in [0.1, 0.15) is 44.0 Å². The van der Waals surface area contributed by atoms with Crippen LogP contribution in [-0.2, 0) is 9.53 Å². The highest BCUT2D eigenvalue weighted by Gasteiger charge is 2.24. The molecule has 0 spiro atoms. The summed E-state index contributed by atoms with van der Waals surface area (Å²) in [4.78, 5) is 36.7. The minimum Gasteiger partial charge on any atom is -0.452 e. The Morgan fingerprint density at radius 1 is 1.35 bits per heavy atom. The van der Waals surface area contributed by atoms with E-state index in [4.69, 9.17) is 4.74 Å². The van der Waals surface area contributed by atoms with Gasteiger partial charge in [-0.15, -0.1) is 0 Å². The smallest absolute Gasteiger partial charge is 0.341 e. The van der Waals surface area contributed by atoms with Crippen molar-refractivity contribution in [1.29, 1.82) is 0 Å². The molecule has 1 aromatic carbocycles. The van der Waals surface area contributed by atoms with Crippen LogP contribution in [0.2, 0.25) is 0 Å². The molecule has 0 unspecified atom stereocenters. The lowest BCUT2D eigenvalue weighted by molar-refractivity contribution is -0.384. The molecule has 2 rings (SSSR count). The lowest BCUT2D eigenvalue weighted by Crippen LogP contribution is -2.35. The van der Waals surface area contributed by atoms with Crippen LogP contribution >= 0.6 is 0 Å². The average molecular weight is 363 g/mol. The number of nitrogens with one attached hydrogen (secondary N) is 1. The van der Waals surface area contributed by atoms with Crippen LogP contribution in [0.4, 0.5) is 11.4 Å². The largest absolute Gasteiger partial charge is 0.452 e. The van der Waals surface area contributed by atoms with Gasteiger partial charge < -0.3 is 15.0 Å². The fraction of sp³-hybridized carbons (Fsp3) is 0.556. The number of benzene rings is 1. The summed E-state index contributed by atoms with van der Waals surface area (Å²) in [6, 6.07) is 4.12. The number of nitrogens with zero attached hydrogens (tertiary/aromatic N) is 2. The van der Waals surface area contributed by atoms with Crippen molar-refractivity contribution < 1.29 is 19.2 Å². The van der Waals surface area contributed by atoms with Gasteiger partial charge in [0.15, 0.2) is 6.61 Å². The summed E-state index contributed by atoms with van der Waals surface area (Å²) in [7, 11) is 0. The minimum absolute atomic E-state index is 0.0649. The highest BCUT2D eigenvalue weighted by atomic mass is 16.6. The standard InChI is InChI=1S/C18H25N3O5/c1-12(2)19-17(22)11-26-18(23)15-10-14(21(24)25)4-5-16(15)20-8-6-13(3)7-9-20/h4-5,10,12-13H,6-9,11H2,1-3H3,(H,19,22). The van der Waals surface area contributed by atoms with Crippen LogP contribution in [0.5, 0.6) is 0 Å². The zero-order chi connectivity index (χ0) is 19.3. The molecule has 1 fully saturated rings. The maximum Gasteiger partial charge on any atom is 0.341 e. The molecule has 1 N–H and O–H groups in total. The van der Waals surface area contributed by atoms with Crippen molar-refractivity contribution in [3.8, 4) is 0 Å². The first-order valence-corrected chi connectivity index (χ1v) is 8.77. The van der Waals surface area contributed by atoms with Crippen LogP contribution in [0.25, 0.3) is 0 Å². The van der Waals surface area contributed by atoms with E-state index in [1.807, 2.05) is 4.90 Å². The van der Waals surface area contributed by atoms with Gasteiger partial charge in [-0.25, -0.2) is 4.79 Å². The quantitative estimate of drug-likeness (QED) is 0.473. The molecule has 0 atom stereocenters. The Labute approximate surface area is 152 Å². The molecular formula is C18H25N3O5. The monoisotopic (exact) mass is 363 g/mol. The molecule has 1 aliphatic rings. The van der Waals surface area contributed by atoms with Gasteiger partial charge >= 0.3 is 5.97 Å². The number of esters is 1. The molecule has 1 saturated heterocycles. The third-order valence-electron chi connectivity index (χ3n) is 4.32. The Bertz CT molecular complexity index is 681. The topological polar surface area (TPSA) is 102 Å². The molecule has 1 amide bonds. The van der Waals surface area contributed by atoms with Crippen molar-refractivity contribution in [3.63, 3.8) is 0 Å². The van der Waals surface area contributed by atoms with Crippen molar-refractivity contribution >= 4 is 23.3 Å². The molecular weight excluding hydrogens is 338 g/mol. The summed E-state index contributed by atoms with van der Waals surface area (Å²) >= 11 is 0. The molecule has 8 nitrogen and oxygen atoms in total. The Hall–Kier alpha value is -2.64. The molecule has 1 heterocycles. The molecule has 1 aliphatic heterocycles. The van der Waals surface area contributed by atoms with Crippen LogP contribution in [-0.4, -0.2) is 42.5 Å². The number of nitro groups is 1. The van der Waals surface area contributed by atoms with Crippen molar-refractivity contribution in [3.05, 3.63) is 33.9 Å². The Morgan fingerprint density at radius 3 is 2.58 bits per heavy atom. The number of carbonyl (C=O) groups is 2. The number of nitro benzene ring substituents is 1. The summed E-state index contributed by atoms with van der Waals surface area (Å²) in [5.41, 5.74) is 0.542. The fourth-order valence-corrected chi connectivity index (χ4v) is 2.90. The zero-order valence-corrected chi connectivity index (χ0v) is 15.4. The van der Waals surface area contributed by atoms with Crippen molar-refractivity contribution in [2.24, 2.45) is 5.92 Å². The maximum atomic E-state index is 12.5. The SMILES string of the molecule is CC1CCN(c2ccc([N+](=O)[O-])cc2C(=O)OCC(=O)NC(C)C)CC1. The van der Waals surface area contributed by atoms with Gasteiger partial charge in [-0.05, 0) is 38.7 Å². The molecule has 1 aromatic rings. The minimum atomic E-state index is -0.735. The lowest BCUT2D eigenvalue weighted by atomic mass is 9.98. The van der Waals surface area contributed by atoms with E-state index < -0.39 is 23.4 Å². The maximum absolute atomic E-state index is 12.5. The van der Waals surface area contributed by atoms with Gasteiger partial charge in [0.25, 0.3) is 11.6 Å². The van der Waals surface area contributed by atoms with Gasteiger partial charge in [-0.2, -0.15) is 0 Å². The number of ether oxygens (including phenoxy) is 1. The van der Waals surface area contributed by atoms with E-state index in [2.05, 4.69) is 12.2 Å². The van der Waals surface area contributed by atoms with Gasteiger partial charge in [0.1, 0.15) is 0 Å². The van der Waals surface area contributed by atoms with Crippen LogP contribution in [0.15, 0.2) is 18.2 Å². The van der Waals surface area contributed by atoms with E-state index in [0.29, 0.717) is 11.6 Å². The van der Waals surface area contributed by atoms with Crippen molar-refractivity contribution in [2.75, 3.05) is 24.6 Å². The van der Waals surface area contributed by atoms with E-state index in [9.17, 15) is 19.7 Å². The second kappa shape index (κ2) is 8.64. The second-order valence-corrected chi connectivity index (χ2v) is 6.93. The van der Waals surface area contributed by atoms with Crippen LogP contribution in [0, 0.1) is 16.0 Å². The summed E-state index contributed by atoms with van der Waals surface area (Å²) in [6.07, 6.45) is 1.98. The number of rotatable bonds is 6. The van der Waals surface area contributed by atoms with Gasteiger partial charge in [-0.3, -0.25) is 14.9 Å². The van der Waals surface area contributed by atoms with Gasteiger partial charge in [0.2, 0.25) is 0 Å². The molecule has 26 heavy (non-hydrogen) atoms. The first kappa shape index (κ1) is 19.7. The number of hydrogen-bond acceptors (Lipinski definition) is 6. The normalized spacial score (nSPS) is 15.0. The number of piperidine rings is 1. The Kier molecular flexibility index (Phi) is 6.54. The summed E-state index contributed by atoms with van der Waals surface area (Å²) in [6.45, 7) is 6.90. The first-order chi connectivity index (χ1) is 12.3. The molecule has 0 bridgehead atoms. The molecule has 0 radical (unpaired) electrons. The van der Waals surface area contributed by atoms with Crippen molar-refractivity contribution in [2.45, 2.75) is 39.7 Å². The highest BCUT2D eigenvalue weighted by Crippen LogP contribution is 2.29. The van der Waals surface area contributed by atoms with Crippen LogP contribution in [0.3, 0.4) is 0 Å². The van der Waals surface area contributed by atoms with E-state index in [-0.39, 0.29) is 17.3 Å². The van der Waals surface area contributed by atoms with Gasteiger partial charge in [0, 0.05) is 31.3 Å². The summed E-state index contributed by atoms with van der Waals surface area (Å²) in [5.74, 6) is -0.534. The third kappa shape index (κ3) is 5.18. The summed E-state index contributed by atoms with van der Waals surface area (Å²) < 4.78 is 5.08. The Morgan fingerprint density at radius 2 is 2.00 bits per heavy atom. The van der Waals surface area contributed by atoms with E-state index in [0.717, 1.165) is 25.9 Å². The predicted octanol–water partition coefficient (Wildman–Crippen LogP) is 2.51. The molecule has 0 aromatic heterocycles.